The highest BCUT2D eigenvalue weighted by Crippen LogP contribution is 2.38. The van der Waals surface area contributed by atoms with E-state index in [9.17, 15) is 14.4 Å². The van der Waals surface area contributed by atoms with Crippen LogP contribution in [0.4, 0.5) is 11.4 Å². The number of carbonyl (C=O) groups excluding carboxylic acids is 3. The summed E-state index contributed by atoms with van der Waals surface area (Å²) in [4.78, 5) is 36.8. The van der Waals surface area contributed by atoms with Gasteiger partial charge in [-0.05, 0) is 48.7 Å². The first-order valence-corrected chi connectivity index (χ1v) is 10.1. The van der Waals surface area contributed by atoms with E-state index in [1.165, 1.54) is 6.07 Å². The van der Waals surface area contributed by atoms with Crippen molar-refractivity contribution in [2.24, 2.45) is 11.8 Å². The minimum Gasteiger partial charge on any atom is -0.383 e. The van der Waals surface area contributed by atoms with Crippen LogP contribution in [0.5, 0.6) is 0 Å². The third-order valence-corrected chi connectivity index (χ3v) is 5.21. The van der Waals surface area contributed by atoms with Crippen LogP contribution in [-0.2, 0) is 9.53 Å². The lowest BCUT2D eigenvalue weighted by Crippen LogP contribution is -2.27. The van der Waals surface area contributed by atoms with Crippen molar-refractivity contribution in [2.45, 2.75) is 13.3 Å². The van der Waals surface area contributed by atoms with Gasteiger partial charge in [-0.15, -0.1) is 0 Å². The van der Waals surface area contributed by atoms with Crippen molar-refractivity contribution in [3.63, 3.8) is 0 Å². The van der Waals surface area contributed by atoms with Gasteiger partial charge in [-0.1, -0.05) is 24.6 Å². The van der Waals surface area contributed by atoms with Crippen LogP contribution in [0, 0.1) is 11.8 Å². The molecule has 8 heteroatoms. The van der Waals surface area contributed by atoms with Gasteiger partial charge in [-0.25, -0.2) is 0 Å². The Balaban J connectivity index is 1.63. The lowest BCUT2D eigenvalue weighted by molar-refractivity contribution is -0.117. The first kappa shape index (κ1) is 21.8. The highest BCUT2D eigenvalue weighted by Gasteiger charge is 2.39. The molecule has 0 saturated heterocycles. The summed E-state index contributed by atoms with van der Waals surface area (Å²) in [6, 6.07) is 11.4. The van der Waals surface area contributed by atoms with E-state index in [2.05, 4.69) is 16.0 Å². The molecular formula is C22H24ClN3O4. The molecule has 2 unspecified atom stereocenters. The normalized spacial score (nSPS) is 17.2. The molecule has 1 saturated carbocycles. The lowest BCUT2D eigenvalue weighted by atomic mass is 10.1. The number of hydrogen-bond acceptors (Lipinski definition) is 4. The summed E-state index contributed by atoms with van der Waals surface area (Å²) >= 11 is 6.21. The molecule has 1 aliphatic rings. The SMILES string of the molecule is COCCNC(=O)c1ccc(NC(=O)c2cccc(NC(=O)C3CC3C)c2)cc1Cl. The molecule has 0 heterocycles. The maximum atomic E-state index is 12.6. The Bertz CT molecular complexity index is 963. The van der Waals surface area contributed by atoms with Crippen LogP contribution in [0.3, 0.4) is 0 Å². The molecule has 3 N–H and O–H groups in total. The Morgan fingerprint density at radius 3 is 2.47 bits per heavy atom. The molecule has 2 aromatic carbocycles. The molecule has 0 bridgehead atoms. The predicted molar refractivity (Wildman–Crippen MR) is 116 cm³/mol. The van der Waals surface area contributed by atoms with Gasteiger partial charge in [0.2, 0.25) is 5.91 Å². The van der Waals surface area contributed by atoms with E-state index >= 15 is 0 Å². The summed E-state index contributed by atoms with van der Waals surface area (Å²) in [6.45, 7) is 2.81. The first-order valence-electron chi connectivity index (χ1n) is 9.68. The number of amides is 3. The Kier molecular flexibility index (Phi) is 7.07. The molecule has 1 fully saturated rings. The number of methoxy groups -OCH3 is 1. The van der Waals surface area contributed by atoms with Crippen molar-refractivity contribution in [2.75, 3.05) is 30.9 Å². The first-order chi connectivity index (χ1) is 14.4. The van der Waals surface area contributed by atoms with Gasteiger partial charge in [0.25, 0.3) is 11.8 Å². The molecule has 0 aliphatic heterocycles. The van der Waals surface area contributed by atoms with Crippen molar-refractivity contribution < 1.29 is 19.1 Å². The van der Waals surface area contributed by atoms with Gasteiger partial charge >= 0.3 is 0 Å². The van der Waals surface area contributed by atoms with Gasteiger partial charge in [-0.3, -0.25) is 14.4 Å². The molecule has 0 spiro atoms. The van der Waals surface area contributed by atoms with Crippen molar-refractivity contribution in [3.05, 3.63) is 58.6 Å². The Labute approximate surface area is 180 Å². The summed E-state index contributed by atoms with van der Waals surface area (Å²) in [5.41, 5.74) is 1.74. The van der Waals surface area contributed by atoms with E-state index in [0.29, 0.717) is 41.6 Å². The van der Waals surface area contributed by atoms with Gasteiger partial charge in [0.15, 0.2) is 0 Å². The molecule has 2 atom stereocenters. The summed E-state index contributed by atoms with van der Waals surface area (Å²) in [5, 5.41) is 8.52. The Morgan fingerprint density at radius 2 is 1.80 bits per heavy atom. The number of ether oxygens (including phenoxy) is 1. The van der Waals surface area contributed by atoms with Crippen LogP contribution in [0.15, 0.2) is 42.5 Å². The Hall–Kier alpha value is -2.90. The lowest BCUT2D eigenvalue weighted by Gasteiger charge is -2.10. The average molecular weight is 430 g/mol. The zero-order valence-electron chi connectivity index (χ0n) is 16.8. The van der Waals surface area contributed by atoms with Gasteiger partial charge in [0.1, 0.15) is 0 Å². The van der Waals surface area contributed by atoms with Crippen LogP contribution >= 0.6 is 11.6 Å². The number of carbonyl (C=O) groups is 3. The summed E-state index contributed by atoms with van der Waals surface area (Å²) in [5.74, 6) is -0.227. The number of nitrogens with one attached hydrogen (secondary N) is 3. The fourth-order valence-corrected chi connectivity index (χ4v) is 3.27. The van der Waals surface area contributed by atoms with Crippen LogP contribution < -0.4 is 16.0 Å². The minimum atomic E-state index is -0.348. The highest BCUT2D eigenvalue weighted by atomic mass is 35.5. The van der Waals surface area contributed by atoms with E-state index in [1.807, 2.05) is 6.92 Å². The molecule has 0 radical (unpaired) electrons. The molecule has 3 amide bonds. The Morgan fingerprint density at radius 1 is 1.07 bits per heavy atom. The van der Waals surface area contributed by atoms with Gasteiger partial charge in [-0.2, -0.15) is 0 Å². The second-order valence-electron chi connectivity index (χ2n) is 7.29. The van der Waals surface area contributed by atoms with Gasteiger partial charge < -0.3 is 20.7 Å². The zero-order chi connectivity index (χ0) is 21.7. The molecule has 158 valence electrons. The molecule has 2 aromatic rings. The van der Waals surface area contributed by atoms with Gasteiger partial charge in [0, 0.05) is 36.5 Å². The second-order valence-corrected chi connectivity index (χ2v) is 7.69. The second kappa shape index (κ2) is 9.73. The van der Waals surface area contributed by atoms with Crippen LogP contribution in [0.25, 0.3) is 0 Å². The smallest absolute Gasteiger partial charge is 0.255 e. The van der Waals surface area contributed by atoms with E-state index in [4.69, 9.17) is 16.3 Å². The third-order valence-electron chi connectivity index (χ3n) is 4.90. The number of benzene rings is 2. The van der Waals surface area contributed by atoms with Gasteiger partial charge in [0.05, 0.1) is 17.2 Å². The van der Waals surface area contributed by atoms with Crippen molar-refractivity contribution in [1.82, 2.24) is 5.32 Å². The maximum absolute atomic E-state index is 12.6. The van der Waals surface area contributed by atoms with Crippen LogP contribution in [0.1, 0.15) is 34.1 Å². The zero-order valence-corrected chi connectivity index (χ0v) is 17.6. The van der Waals surface area contributed by atoms with Crippen molar-refractivity contribution in [3.8, 4) is 0 Å². The quantitative estimate of drug-likeness (QED) is 0.559. The van der Waals surface area contributed by atoms with E-state index in [0.717, 1.165) is 6.42 Å². The predicted octanol–water partition coefficient (Wildman–Crippen LogP) is 3.56. The molecule has 7 nitrogen and oxygen atoms in total. The van der Waals surface area contributed by atoms with E-state index < -0.39 is 0 Å². The highest BCUT2D eigenvalue weighted by molar-refractivity contribution is 6.34. The summed E-state index contributed by atoms with van der Waals surface area (Å²) in [6.07, 6.45) is 0.896. The van der Waals surface area contributed by atoms with Crippen LogP contribution in [-0.4, -0.2) is 38.0 Å². The van der Waals surface area contributed by atoms with Crippen molar-refractivity contribution >= 4 is 40.7 Å². The summed E-state index contributed by atoms with van der Waals surface area (Å²) < 4.78 is 4.89. The number of rotatable bonds is 8. The van der Waals surface area contributed by atoms with E-state index in [-0.39, 0.29) is 28.7 Å². The monoisotopic (exact) mass is 429 g/mol. The van der Waals surface area contributed by atoms with E-state index in [1.54, 1.807) is 43.5 Å². The average Bonchev–Trinajstić information content (AvgIpc) is 3.45. The molecular weight excluding hydrogens is 406 g/mol. The van der Waals surface area contributed by atoms with Crippen molar-refractivity contribution in [1.29, 1.82) is 0 Å². The molecule has 0 aromatic heterocycles. The maximum Gasteiger partial charge on any atom is 0.255 e. The topological polar surface area (TPSA) is 96.5 Å². The molecule has 1 aliphatic carbocycles. The third kappa shape index (κ3) is 5.58. The fraction of sp³-hybridized carbons (Fsp3) is 0.318. The standard InChI is InChI=1S/C22H24ClN3O4/c1-13-10-18(13)22(29)26-15-5-3-4-14(11-15)20(27)25-16-6-7-17(19(23)12-16)21(28)24-8-9-30-2/h3-7,11-13,18H,8-10H2,1-2H3,(H,24,28)(H,25,27)(H,26,29). The van der Waals surface area contributed by atoms with Crippen LogP contribution in [0.2, 0.25) is 5.02 Å². The minimum absolute atomic E-state index is 0.0220. The number of hydrogen-bond donors (Lipinski definition) is 3. The molecule has 3 rings (SSSR count). The fourth-order valence-electron chi connectivity index (χ4n) is 3.00. The number of anilines is 2. The number of halogens is 1. The molecule has 30 heavy (non-hydrogen) atoms. The largest absolute Gasteiger partial charge is 0.383 e. The summed E-state index contributed by atoms with van der Waals surface area (Å²) in [7, 11) is 1.55.